The van der Waals surface area contributed by atoms with Crippen molar-refractivity contribution >= 4 is 45.6 Å². The summed E-state index contributed by atoms with van der Waals surface area (Å²) in [5, 5.41) is 20.9. The van der Waals surface area contributed by atoms with Crippen LogP contribution in [0.15, 0.2) is 23.7 Å². The number of aromatic nitrogens is 2. The van der Waals surface area contributed by atoms with E-state index in [9.17, 15) is 9.59 Å². The molecule has 1 aromatic carbocycles. The van der Waals surface area contributed by atoms with Gasteiger partial charge in [0.15, 0.2) is 0 Å². The van der Waals surface area contributed by atoms with Crippen molar-refractivity contribution in [3.8, 4) is 6.07 Å². The van der Waals surface area contributed by atoms with Crippen molar-refractivity contribution in [1.29, 1.82) is 5.26 Å². The third-order valence-corrected chi connectivity index (χ3v) is 3.05. The summed E-state index contributed by atoms with van der Waals surface area (Å²) in [4.78, 5) is 23.2. The van der Waals surface area contributed by atoms with E-state index in [1.807, 2.05) is 6.07 Å². The van der Waals surface area contributed by atoms with Gasteiger partial charge in [-0.25, -0.2) is 0 Å². The minimum atomic E-state index is -0.874. The first-order chi connectivity index (χ1) is 9.60. The lowest BCUT2D eigenvalue weighted by Gasteiger charge is -2.05. The van der Waals surface area contributed by atoms with Gasteiger partial charge in [0.1, 0.15) is 11.6 Å². The number of carbonyl (C=O) groups is 2. The van der Waals surface area contributed by atoms with E-state index in [-0.39, 0.29) is 15.7 Å². The first-order valence-corrected chi connectivity index (χ1v) is 6.44. The number of nitrogens with zero attached hydrogens (tertiary/aromatic N) is 3. The summed E-state index contributed by atoms with van der Waals surface area (Å²) in [5.74, 6) is -1.75. The molecular weight excluding hydrogens is 302 g/mol. The molecule has 0 atom stereocenters. The lowest BCUT2D eigenvalue weighted by Crippen LogP contribution is -2.29. The van der Waals surface area contributed by atoms with Crippen LogP contribution in [0.1, 0.15) is 5.56 Å². The molecule has 0 aliphatic carbocycles. The maximum Gasteiger partial charge on any atom is 0.315 e. The third kappa shape index (κ3) is 3.28. The Kier molecular flexibility index (Phi) is 4.24. The van der Waals surface area contributed by atoms with E-state index in [0.29, 0.717) is 5.69 Å². The number of carbonyl (C=O) groups excluding carboxylic acids is 2. The molecular formula is C11H6ClN5O2S. The van der Waals surface area contributed by atoms with Crippen molar-refractivity contribution in [3.05, 3.63) is 34.3 Å². The highest BCUT2D eigenvalue weighted by atomic mass is 35.5. The summed E-state index contributed by atoms with van der Waals surface area (Å²) in [7, 11) is 0. The number of halogens is 1. The molecule has 20 heavy (non-hydrogen) atoms. The zero-order valence-corrected chi connectivity index (χ0v) is 11.3. The van der Waals surface area contributed by atoms with Gasteiger partial charge in [0.05, 0.1) is 10.6 Å². The minimum Gasteiger partial charge on any atom is -0.318 e. The van der Waals surface area contributed by atoms with Gasteiger partial charge in [0.2, 0.25) is 5.13 Å². The largest absolute Gasteiger partial charge is 0.318 e. The summed E-state index contributed by atoms with van der Waals surface area (Å²) in [6, 6.07) is 6.19. The molecule has 9 heteroatoms. The lowest BCUT2D eigenvalue weighted by molar-refractivity contribution is -0.133. The van der Waals surface area contributed by atoms with E-state index in [1.165, 1.54) is 23.7 Å². The maximum absolute atomic E-state index is 11.6. The molecule has 0 fully saturated rings. The smallest absolute Gasteiger partial charge is 0.315 e. The summed E-state index contributed by atoms with van der Waals surface area (Å²) in [5.41, 5.74) is 2.02. The number of hydrogen-bond donors (Lipinski definition) is 2. The Labute approximate surface area is 122 Å². The predicted octanol–water partition coefficient (Wildman–Crippen LogP) is 1.64. The van der Waals surface area contributed by atoms with Gasteiger partial charge >= 0.3 is 11.8 Å². The zero-order valence-electron chi connectivity index (χ0n) is 9.75. The van der Waals surface area contributed by atoms with Crippen LogP contribution in [-0.4, -0.2) is 22.0 Å². The van der Waals surface area contributed by atoms with Crippen LogP contribution in [0.2, 0.25) is 5.02 Å². The highest BCUT2D eigenvalue weighted by Crippen LogP contribution is 2.20. The van der Waals surface area contributed by atoms with Crippen LogP contribution in [0.4, 0.5) is 10.8 Å². The third-order valence-electron chi connectivity index (χ3n) is 2.13. The molecule has 1 aromatic heterocycles. The Morgan fingerprint density at radius 1 is 1.30 bits per heavy atom. The molecule has 2 amide bonds. The number of nitriles is 1. The van der Waals surface area contributed by atoms with Gasteiger partial charge in [-0.05, 0) is 18.2 Å². The first-order valence-electron chi connectivity index (χ1n) is 5.18. The number of benzene rings is 1. The normalized spacial score (nSPS) is 9.60. The monoisotopic (exact) mass is 307 g/mol. The minimum absolute atomic E-state index is 0.190. The standard InChI is InChI=1S/C11H6ClN5O2S/c12-8-3-7(2-1-6(8)4-13)15-9(18)10(19)16-11-17-14-5-20-11/h1-3,5H,(H,15,18)(H,16,17,19). The number of nitrogens with one attached hydrogen (secondary N) is 2. The quantitative estimate of drug-likeness (QED) is 0.820. The summed E-state index contributed by atoms with van der Waals surface area (Å²) in [6.07, 6.45) is 0. The van der Waals surface area contributed by atoms with E-state index >= 15 is 0 Å². The molecule has 0 saturated carbocycles. The molecule has 100 valence electrons. The van der Waals surface area contributed by atoms with E-state index < -0.39 is 11.8 Å². The molecule has 0 radical (unpaired) electrons. The van der Waals surface area contributed by atoms with Crippen LogP contribution in [0.25, 0.3) is 0 Å². The molecule has 1 heterocycles. The Hall–Kier alpha value is -2.50. The average Bonchev–Trinajstić information content (AvgIpc) is 2.91. The van der Waals surface area contributed by atoms with E-state index in [2.05, 4.69) is 20.8 Å². The summed E-state index contributed by atoms with van der Waals surface area (Å²) in [6.45, 7) is 0. The van der Waals surface area contributed by atoms with Gasteiger partial charge in [-0.3, -0.25) is 14.9 Å². The Morgan fingerprint density at radius 3 is 2.65 bits per heavy atom. The van der Waals surface area contributed by atoms with Crippen molar-refractivity contribution in [1.82, 2.24) is 10.2 Å². The van der Waals surface area contributed by atoms with Gasteiger partial charge in [-0.2, -0.15) is 5.26 Å². The number of hydrogen-bond acceptors (Lipinski definition) is 6. The average molecular weight is 308 g/mol. The summed E-state index contributed by atoms with van der Waals surface area (Å²) < 4.78 is 0. The molecule has 2 aromatic rings. The molecule has 0 saturated heterocycles. The molecule has 0 aliphatic rings. The van der Waals surface area contributed by atoms with Crippen molar-refractivity contribution in [3.63, 3.8) is 0 Å². The molecule has 0 unspecified atom stereocenters. The van der Waals surface area contributed by atoms with Crippen LogP contribution >= 0.6 is 22.9 Å². The first kappa shape index (κ1) is 13.9. The fourth-order valence-corrected chi connectivity index (χ4v) is 1.92. The molecule has 7 nitrogen and oxygen atoms in total. The number of rotatable bonds is 2. The fourth-order valence-electron chi connectivity index (χ4n) is 1.25. The summed E-state index contributed by atoms with van der Waals surface area (Å²) >= 11 is 6.91. The topological polar surface area (TPSA) is 108 Å². The van der Waals surface area contributed by atoms with Crippen LogP contribution in [0, 0.1) is 11.3 Å². The predicted molar refractivity (Wildman–Crippen MR) is 73.3 cm³/mol. The van der Waals surface area contributed by atoms with Crippen LogP contribution in [-0.2, 0) is 9.59 Å². The van der Waals surface area contributed by atoms with E-state index in [1.54, 1.807) is 0 Å². The van der Waals surface area contributed by atoms with Crippen LogP contribution in [0.3, 0.4) is 0 Å². The Bertz CT molecular complexity index is 695. The Morgan fingerprint density at radius 2 is 2.05 bits per heavy atom. The van der Waals surface area contributed by atoms with E-state index in [0.717, 1.165) is 11.3 Å². The van der Waals surface area contributed by atoms with Crippen molar-refractivity contribution in [2.45, 2.75) is 0 Å². The van der Waals surface area contributed by atoms with Gasteiger partial charge in [-0.1, -0.05) is 22.9 Å². The maximum atomic E-state index is 11.6. The second kappa shape index (κ2) is 6.10. The van der Waals surface area contributed by atoms with Crippen molar-refractivity contribution in [2.24, 2.45) is 0 Å². The molecule has 2 N–H and O–H groups in total. The second-order valence-electron chi connectivity index (χ2n) is 3.46. The van der Waals surface area contributed by atoms with Crippen molar-refractivity contribution < 1.29 is 9.59 Å². The highest BCUT2D eigenvalue weighted by molar-refractivity contribution is 7.13. The number of amides is 2. The lowest BCUT2D eigenvalue weighted by atomic mass is 10.2. The van der Waals surface area contributed by atoms with Gasteiger partial charge < -0.3 is 5.32 Å². The fraction of sp³-hybridized carbons (Fsp3) is 0. The van der Waals surface area contributed by atoms with E-state index in [4.69, 9.17) is 16.9 Å². The molecule has 0 bridgehead atoms. The molecule has 0 aliphatic heterocycles. The van der Waals surface area contributed by atoms with Crippen molar-refractivity contribution in [2.75, 3.05) is 10.6 Å². The second-order valence-corrected chi connectivity index (χ2v) is 4.70. The SMILES string of the molecule is N#Cc1ccc(NC(=O)C(=O)Nc2nncs2)cc1Cl. The Balaban J connectivity index is 2.02. The van der Waals surface area contributed by atoms with Crippen LogP contribution < -0.4 is 10.6 Å². The van der Waals surface area contributed by atoms with Crippen LogP contribution in [0.5, 0.6) is 0 Å². The molecule has 0 spiro atoms. The van der Waals surface area contributed by atoms with Gasteiger partial charge in [0.25, 0.3) is 0 Å². The highest BCUT2D eigenvalue weighted by Gasteiger charge is 2.15. The zero-order chi connectivity index (χ0) is 14.5. The van der Waals surface area contributed by atoms with Gasteiger partial charge in [-0.15, -0.1) is 10.2 Å². The molecule has 2 rings (SSSR count). The van der Waals surface area contributed by atoms with Gasteiger partial charge in [0, 0.05) is 5.69 Å². The number of anilines is 2.